The molecule has 0 radical (unpaired) electrons. The molecule has 0 aromatic heterocycles. The first kappa shape index (κ1) is 11.3. The van der Waals surface area contributed by atoms with Gasteiger partial charge >= 0.3 is 0 Å². The Bertz CT molecular complexity index is 230. The van der Waals surface area contributed by atoms with Gasteiger partial charge in [-0.05, 0) is 38.3 Å². The van der Waals surface area contributed by atoms with Crippen LogP contribution in [0.4, 0.5) is 0 Å². The van der Waals surface area contributed by atoms with E-state index in [2.05, 4.69) is 49.5 Å². The molecule has 1 rings (SSSR count). The van der Waals surface area contributed by atoms with E-state index in [1.807, 2.05) is 0 Å². The van der Waals surface area contributed by atoms with Gasteiger partial charge in [-0.3, -0.25) is 0 Å². The van der Waals surface area contributed by atoms with E-state index in [0.717, 1.165) is 6.54 Å². The second kappa shape index (κ2) is 6.61. The summed E-state index contributed by atoms with van der Waals surface area (Å²) in [7, 11) is 0. The van der Waals surface area contributed by atoms with Gasteiger partial charge in [0.25, 0.3) is 0 Å². The van der Waals surface area contributed by atoms with Crippen LogP contribution in [0.15, 0.2) is 30.3 Å². The van der Waals surface area contributed by atoms with Gasteiger partial charge in [-0.2, -0.15) is 0 Å². The highest BCUT2D eigenvalue weighted by Gasteiger charge is 1.99. The van der Waals surface area contributed by atoms with Gasteiger partial charge in [-0.25, -0.2) is 0 Å². The minimum atomic E-state index is 0.656. The quantitative estimate of drug-likeness (QED) is 0.729. The van der Waals surface area contributed by atoms with Crippen molar-refractivity contribution in [2.75, 3.05) is 6.54 Å². The summed E-state index contributed by atoms with van der Waals surface area (Å²) in [5.74, 6) is 0. The van der Waals surface area contributed by atoms with Crippen molar-refractivity contribution in [3.05, 3.63) is 35.9 Å². The Balaban J connectivity index is 2.16. The fraction of sp³-hybridized carbons (Fsp3) is 0.538. The summed E-state index contributed by atoms with van der Waals surface area (Å²) in [6.07, 6.45) is 3.75. The Kier molecular flexibility index (Phi) is 5.31. The maximum absolute atomic E-state index is 3.43. The molecule has 0 saturated heterocycles. The second-order valence-electron chi connectivity index (χ2n) is 3.84. The largest absolute Gasteiger partial charge is 0.315 e. The lowest BCUT2D eigenvalue weighted by atomic mass is 10.1. The highest BCUT2D eigenvalue weighted by molar-refractivity contribution is 5.14. The van der Waals surface area contributed by atoms with Crippen molar-refractivity contribution in [3.8, 4) is 0 Å². The molecule has 0 saturated carbocycles. The third-order valence-corrected chi connectivity index (χ3v) is 2.50. The van der Waals surface area contributed by atoms with Crippen LogP contribution < -0.4 is 5.32 Å². The first-order valence-electron chi connectivity index (χ1n) is 5.60. The van der Waals surface area contributed by atoms with Crippen LogP contribution in [0.2, 0.25) is 0 Å². The fourth-order valence-electron chi connectivity index (χ4n) is 1.71. The van der Waals surface area contributed by atoms with Gasteiger partial charge in [0.2, 0.25) is 0 Å². The highest BCUT2D eigenvalue weighted by atomic mass is 14.9. The maximum atomic E-state index is 3.43. The van der Waals surface area contributed by atoms with E-state index in [4.69, 9.17) is 0 Å². The molecule has 1 heteroatoms. The molecule has 14 heavy (non-hydrogen) atoms. The molecule has 0 aliphatic rings. The summed E-state index contributed by atoms with van der Waals surface area (Å²) in [5, 5.41) is 3.43. The van der Waals surface area contributed by atoms with Crippen LogP contribution in [0.1, 0.15) is 32.3 Å². The van der Waals surface area contributed by atoms with Crippen molar-refractivity contribution in [1.29, 1.82) is 0 Å². The zero-order chi connectivity index (χ0) is 10.2. The molecule has 1 N–H and O–H groups in total. The lowest BCUT2D eigenvalue weighted by Gasteiger charge is -2.11. The average molecular weight is 191 g/mol. The number of aryl methyl sites for hydroxylation is 1. The van der Waals surface area contributed by atoms with Crippen molar-refractivity contribution in [2.24, 2.45) is 0 Å². The molecule has 0 fully saturated rings. The molecule has 1 atom stereocenters. The van der Waals surface area contributed by atoms with Crippen molar-refractivity contribution in [1.82, 2.24) is 5.32 Å². The summed E-state index contributed by atoms with van der Waals surface area (Å²) >= 11 is 0. The molecule has 1 aromatic rings. The van der Waals surface area contributed by atoms with Crippen LogP contribution in [-0.4, -0.2) is 12.6 Å². The van der Waals surface area contributed by atoms with E-state index in [1.165, 1.54) is 24.8 Å². The highest BCUT2D eigenvalue weighted by Crippen LogP contribution is 2.06. The van der Waals surface area contributed by atoms with Gasteiger partial charge in [-0.1, -0.05) is 37.3 Å². The van der Waals surface area contributed by atoms with Crippen LogP contribution >= 0.6 is 0 Å². The first-order valence-corrected chi connectivity index (χ1v) is 5.60. The smallest absolute Gasteiger partial charge is 0.00387 e. The van der Waals surface area contributed by atoms with Crippen molar-refractivity contribution in [2.45, 2.75) is 39.2 Å². The Morgan fingerprint density at radius 3 is 2.57 bits per heavy atom. The molecule has 0 bridgehead atoms. The second-order valence-corrected chi connectivity index (χ2v) is 3.84. The zero-order valence-corrected chi connectivity index (χ0v) is 9.29. The Morgan fingerprint density at radius 2 is 1.93 bits per heavy atom. The Hall–Kier alpha value is -0.820. The lowest BCUT2D eigenvalue weighted by molar-refractivity contribution is 0.512. The monoisotopic (exact) mass is 191 g/mol. The van der Waals surface area contributed by atoms with Gasteiger partial charge in [0.05, 0.1) is 0 Å². The molecule has 1 unspecified atom stereocenters. The predicted molar refractivity (Wildman–Crippen MR) is 62.5 cm³/mol. The minimum Gasteiger partial charge on any atom is -0.315 e. The van der Waals surface area contributed by atoms with E-state index in [0.29, 0.717) is 6.04 Å². The molecular formula is C13H21N. The first-order chi connectivity index (χ1) is 6.83. The lowest BCUT2D eigenvalue weighted by Crippen LogP contribution is -2.25. The summed E-state index contributed by atoms with van der Waals surface area (Å²) in [4.78, 5) is 0. The number of nitrogens with one attached hydrogen (secondary N) is 1. The van der Waals surface area contributed by atoms with Gasteiger partial charge < -0.3 is 5.32 Å². The molecule has 0 aliphatic carbocycles. The zero-order valence-electron chi connectivity index (χ0n) is 9.29. The molecule has 1 aromatic carbocycles. The van der Waals surface area contributed by atoms with Gasteiger partial charge in [0, 0.05) is 6.04 Å². The summed E-state index contributed by atoms with van der Waals surface area (Å²) in [6, 6.07) is 11.4. The minimum absolute atomic E-state index is 0.656. The van der Waals surface area contributed by atoms with Crippen molar-refractivity contribution >= 4 is 0 Å². The summed E-state index contributed by atoms with van der Waals surface area (Å²) < 4.78 is 0. The molecular weight excluding hydrogens is 170 g/mol. The molecule has 78 valence electrons. The van der Waals surface area contributed by atoms with Gasteiger partial charge in [0.1, 0.15) is 0 Å². The van der Waals surface area contributed by atoms with E-state index in [1.54, 1.807) is 0 Å². The summed E-state index contributed by atoms with van der Waals surface area (Å²) in [6.45, 7) is 5.49. The standard InChI is InChI=1S/C13H21N/c1-3-14-12(2)8-7-11-13-9-5-4-6-10-13/h4-6,9-10,12,14H,3,7-8,11H2,1-2H3. The number of hydrogen-bond acceptors (Lipinski definition) is 1. The van der Waals surface area contributed by atoms with Crippen LogP contribution in [-0.2, 0) is 6.42 Å². The van der Waals surface area contributed by atoms with Crippen molar-refractivity contribution < 1.29 is 0 Å². The third kappa shape index (κ3) is 4.43. The van der Waals surface area contributed by atoms with Gasteiger partial charge in [-0.15, -0.1) is 0 Å². The van der Waals surface area contributed by atoms with E-state index >= 15 is 0 Å². The van der Waals surface area contributed by atoms with Crippen molar-refractivity contribution in [3.63, 3.8) is 0 Å². The number of rotatable bonds is 6. The normalized spacial score (nSPS) is 12.7. The van der Waals surface area contributed by atoms with Crippen LogP contribution in [0.5, 0.6) is 0 Å². The maximum Gasteiger partial charge on any atom is 0.00387 e. The summed E-state index contributed by atoms with van der Waals surface area (Å²) in [5.41, 5.74) is 1.45. The molecule has 0 spiro atoms. The fourth-order valence-corrected chi connectivity index (χ4v) is 1.71. The van der Waals surface area contributed by atoms with Gasteiger partial charge in [0.15, 0.2) is 0 Å². The average Bonchev–Trinajstić information content (AvgIpc) is 2.20. The molecule has 0 amide bonds. The SMILES string of the molecule is CCNC(C)CCCc1ccccc1. The van der Waals surface area contributed by atoms with Crippen LogP contribution in [0.25, 0.3) is 0 Å². The Morgan fingerprint density at radius 1 is 1.21 bits per heavy atom. The van der Waals surface area contributed by atoms with E-state index < -0.39 is 0 Å². The molecule has 1 nitrogen and oxygen atoms in total. The molecule has 0 aliphatic heterocycles. The third-order valence-electron chi connectivity index (χ3n) is 2.50. The Labute approximate surface area is 87.5 Å². The van der Waals surface area contributed by atoms with Crippen LogP contribution in [0.3, 0.4) is 0 Å². The van der Waals surface area contributed by atoms with Crippen LogP contribution in [0, 0.1) is 0 Å². The number of benzene rings is 1. The van der Waals surface area contributed by atoms with E-state index in [-0.39, 0.29) is 0 Å². The molecule has 0 heterocycles. The topological polar surface area (TPSA) is 12.0 Å². The van der Waals surface area contributed by atoms with E-state index in [9.17, 15) is 0 Å². The predicted octanol–water partition coefficient (Wildman–Crippen LogP) is 3.01. The number of hydrogen-bond donors (Lipinski definition) is 1.